The first-order chi connectivity index (χ1) is 9.15. The molecule has 1 unspecified atom stereocenters. The van der Waals surface area contributed by atoms with Crippen LogP contribution in [0.2, 0.25) is 0 Å². The standard InChI is InChI=1S/C14H19N3OS/c1-9-5-4-6-17(7-9)14-15-12(8-19-14)13-10(2)16-18-11(13)3/h8-9H,4-7H2,1-3H3. The van der Waals surface area contributed by atoms with Crippen molar-refractivity contribution in [2.45, 2.75) is 33.6 Å². The maximum Gasteiger partial charge on any atom is 0.185 e. The van der Waals surface area contributed by atoms with Gasteiger partial charge in [-0.25, -0.2) is 4.98 Å². The van der Waals surface area contributed by atoms with Crippen molar-refractivity contribution in [3.63, 3.8) is 0 Å². The quantitative estimate of drug-likeness (QED) is 0.840. The van der Waals surface area contributed by atoms with Gasteiger partial charge in [0.1, 0.15) is 5.76 Å². The second-order valence-corrected chi connectivity index (χ2v) is 6.24. The predicted octanol–water partition coefficient (Wildman–Crippen LogP) is 3.65. The number of aromatic nitrogens is 2. The third-order valence-corrected chi connectivity index (χ3v) is 4.61. The van der Waals surface area contributed by atoms with Gasteiger partial charge in [0.05, 0.1) is 17.0 Å². The molecule has 19 heavy (non-hydrogen) atoms. The third kappa shape index (κ3) is 2.39. The molecule has 3 rings (SSSR count). The van der Waals surface area contributed by atoms with Crippen LogP contribution in [0.15, 0.2) is 9.90 Å². The maximum atomic E-state index is 5.22. The molecule has 0 spiro atoms. The first-order valence-electron chi connectivity index (χ1n) is 6.79. The number of hydrogen-bond acceptors (Lipinski definition) is 5. The van der Waals surface area contributed by atoms with Crippen LogP contribution in [0.5, 0.6) is 0 Å². The summed E-state index contributed by atoms with van der Waals surface area (Å²) in [6.07, 6.45) is 2.60. The molecule has 102 valence electrons. The van der Waals surface area contributed by atoms with E-state index in [1.165, 1.54) is 12.8 Å². The molecule has 0 saturated carbocycles. The number of rotatable bonds is 2. The smallest absolute Gasteiger partial charge is 0.185 e. The van der Waals surface area contributed by atoms with Gasteiger partial charge in [0.2, 0.25) is 0 Å². The Labute approximate surface area is 117 Å². The molecule has 1 atom stereocenters. The third-order valence-electron chi connectivity index (χ3n) is 3.71. The molecule has 1 saturated heterocycles. The van der Waals surface area contributed by atoms with E-state index in [1.54, 1.807) is 11.3 Å². The van der Waals surface area contributed by atoms with Gasteiger partial charge >= 0.3 is 0 Å². The summed E-state index contributed by atoms with van der Waals surface area (Å²) in [6, 6.07) is 0. The van der Waals surface area contributed by atoms with E-state index >= 15 is 0 Å². The van der Waals surface area contributed by atoms with Crippen molar-refractivity contribution in [3.8, 4) is 11.3 Å². The molecule has 0 N–H and O–H groups in total. The van der Waals surface area contributed by atoms with E-state index in [-0.39, 0.29) is 0 Å². The molecule has 5 heteroatoms. The fourth-order valence-electron chi connectivity index (χ4n) is 2.74. The van der Waals surface area contributed by atoms with Gasteiger partial charge in [-0.1, -0.05) is 12.1 Å². The number of hydrogen-bond donors (Lipinski definition) is 0. The zero-order chi connectivity index (χ0) is 13.4. The number of aryl methyl sites for hydroxylation is 2. The summed E-state index contributed by atoms with van der Waals surface area (Å²) < 4.78 is 5.22. The van der Waals surface area contributed by atoms with Crippen LogP contribution in [0, 0.1) is 19.8 Å². The Morgan fingerprint density at radius 1 is 1.42 bits per heavy atom. The van der Waals surface area contributed by atoms with Crippen molar-refractivity contribution < 1.29 is 4.52 Å². The van der Waals surface area contributed by atoms with Crippen LogP contribution in [-0.4, -0.2) is 23.2 Å². The maximum absolute atomic E-state index is 5.22. The molecule has 1 aliphatic heterocycles. The highest BCUT2D eigenvalue weighted by Crippen LogP contribution is 2.33. The monoisotopic (exact) mass is 277 g/mol. The molecule has 2 aromatic heterocycles. The molecular formula is C14H19N3OS. The van der Waals surface area contributed by atoms with Gasteiger partial charge in [-0.2, -0.15) is 0 Å². The lowest BCUT2D eigenvalue weighted by atomic mass is 10.0. The van der Waals surface area contributed by atoms with Gasteiger partial charge < -0.3 is 9.42 Å². The van der Waals surface area contributed by atoms with E-state index < -0.39 is 0 Å². The van der Waals surface area contributed by atoms with Crippen LogP contribution in [0.4, 0.5) is 5.13 Å². The summed E-state index contributed by atoms with van der Waals surface area (Å²) >= 11 is 1.72. The Hall–Kier alpha value is -1.36. The van der Waals surface area contributed by atoms with E-state index in [0.29, 0.717) is 0 Å². The summed E-state index contributed by atoms with van der Waals surface area (Å²) in [4.78, 5) is 7.18. The lowest BCUT2D eigenvalue weighted by Gasteiger charge is -2.30. The highest BCUT2D eigenvalue weighted by atomic mass is 32.1. The normalized spacial score (nSPS) is 19.9. The number of anilines is 1. The van der Waals surface area contributed by atoms with Crippen LogP contribution in [-0.2, 0) is 0 Å². The van der Waals surface area contributed by atoms with Crippen molar-refractivity contribution in [2.24, 2.45) is 5.92 Å². The van der Waals surface area contributed by atoms with Crippen molar-refractivity contribution in [2.75, 3.05) is 18.0 Å². The minimum Gasteiger partial charge on any atom is -0.361 e. The molecule has 0 aliphatic carbocycles. The Morgan fingerprint density at radius 3 is 2.95 bits per heavy atom. The average Bonchev–Trinajstić information content (AvgIpc) is 2.97. The largest absolute Gasteiger partial charge is 0.361 e. The van der Waals surface area contributed by atoms with Crippen LogP contribution in [0.25, 0.3) is 11.3 Å². The molecule has 1 aliphatic rings. The van der Waals surface area contributed by atoms with Crippen molar-refractivity contribution in [1.29, 1.82) is 0 Å². The van der Waals surface area contributed by atoms with Crippen LogP contribution < -0.4 is 4.90 Å². The zero-order valence-electron chi connectivity index (χ0n) is 11.6. The van der Waals surface area contributed by atoms with Crippen molar-refractivity contribution in [3.05, 3.63) is 16.8 Å². The molecule has 0 amide bonds. The van der Waals surface area contributed by atoms with E-state index in [2.05, 4.69) is 22.4 Å². The Morgan fingerprint density at radius 2 is 2.26 bits per heavy atom. The van der Waals surface area contributed by atoms with Gasteiger partial charge in [0.25, 0.3) is 0 Å². The van der Waals surface area contributed by atoms with Crippen LogP contribution in [0.1, 0.15) is 31.2 Å². The summed E-state index contributed by atoms with van der Waals surface area (Å²) in [6.45, 7) is 8.47. The van der Waals surface area contributed by atoms with Gasteiger partial charge in [0.15, 0.2) is 5.13 Å². The Bertz CT molecular complexity index is 556. The van der Waals surface area contributed by atoms with Gasteiger partial charge in [0, 0.05) is 18.5 Å². The second kappa shape index (κ2) is 4.96. The highest BCUT2D eigenvalue weighted by molar-refractivity contribution is 7.14. The van der Waals surface area contributed by atoms with E-state index in [9.17, 15) is 0 Å². The van der Waals surface area contributed by atoms with Gasteiger partial charge in [-0.15, -0.1) is 11.3 Å². The average molecular weight is 277 g/mol. The fraction of sp³-hybridized carbons (Fsp3) is 0.571. The first kappa shape index (κ1) is 12.7. The molecule has 4 nitrogen and oxygen atoms in total. The summed E-state index contributed by atoms with van der Waals surface area (Å²) in [5.41, 5.74) is 2.96. The number of piperidine rings is 1. The molecule has 0 radical (unpaired) electrons. The molecule has 0 bridgehead atoms. The number of nitrogens with zero attached hydrogens (tertiary/aromatic N) is 3. The van der Waals surface area contributed by atoms with Crippen LogP contribution >= 0.6 is 11.3 Å². The molecule has 1 fully saturated rings. The second-order valence-electron chi connectivity index (χ2n) is 5.41. The highest BCUT2D eigenvalue weighted by Gasteiger charge is 2.21. The zero-order valence-corrected chi connectivity index (χ0v) is 12.5. The molecule has 3 heterocycles. The van der Waals surface area contributed by atoms with Crippen molar-refractivity contribution in [1.82, 2.24) is 10.1 Å². The van der Waals surface area contributed by atoms with E-state index in [0.717, 1.165) is 46.9 Å². The van der Waals surface area contributed by atoms with E-state index in [4.69, 9.17) is 9.51 Å². The van der Waals surface area contributed by atoms with Gasteiger partial charge in [-0.05, 0) is 32.6 Å². The minimum absolute atomic E-state index is 0.764. The summed E-state index contributed by atoms with van der Waals surface area (Å²) in [7, 11) is 0. The Kier molecular flexibility index (Phi) is 3.31. The summed E-state index contributed by atoms with van der Waals surface area (Å²) in [5, 5.41) is 7.24. The number of thiazole rings is 1. The van der Waals surface area contributed by atoms with E-state index in [1.807, 2.05) is 13.8 Å². The topological polar surface area (TPSA) is 42.2 Å². The minimum atomic E-state index is 0.764. The predicted molar refractivity (Wildman–Crippen MR) is 77.7 cm³/mol. The molecule has 2 aromatic rings. The lowest BCUT2D eigenvalue weighted by molar-refractivity contribution is 0.393. The fourth-order valence-corrected chi connectivity index (χ4v) is 3.59. The molecular weight excluding hydrogens is 258 g/mol. The lowest BCUT2D eigenvalue weighted by Crippen LogP contribution is -2.34. The van der Waals surface area contributed by atoms with Crippen LogP contribution in [0.3, 0.4) is 0 Å². The SMILES string of the molecule is Cc1noc(C)c1-c1csc(N2CCCC(C)C2)n1. The Balaban J connectivity index is 1.87. The summed E-state index contributed by atoms with van der Waals surface area (Å²) in [5.74, 6) is 1.61. The van der Waals surface area contributed by atoms with Crippen molar-refractivity contribution >= 4 is 16.5 Å². The van der Waals surface area contributed by atoms with Gasteiger partial charge in [-0.3, -0.25) is 0 Å². The molecule has 0 aromatic carbocycles. The first-order valence-corrected chi connectivity index (χ1v) is 7.67.